The van der Waals surface area contributed by atoms with Gasteiger partial charge in [0.2, 0.25) is 0 Å². The third-order valence-electron chi connectivity index (χ3n) is 3.65. The van der Waals surface area contributed by atoms with E-state index in [4.69, 9.17) is 26.8 Å². The lowest BCUT2D eigenvalue weighted by Gasteiger charge is -2.31. The second-order valence-corrected chi connectivity index (χ2v) is 6.37. The first-order valence-corrected chi connectivity index (χ1v) is 7.80. The Morgan fingerprint density at radius 2 is 2.05 bits per heavy atom. The summed E-state index contributed by atoms with van der Waals surface area (Å²) in [7, 11) is 1.66. The molecule has 3 rings (SSSR count). The number of benzene rings is 2. The van der Waals surface area contributed by atoms with Crippen molar-refractivity contribution in [1.82, 2.24) is 0 Å². The van der Waals surface area contributed by atoms with E-state index in [1.807, 2.05) is 36.4 Å². The molecule has 0 saturated carbocycles. The quantitative estimate of drug-likeness (QED) is 0.840. The summed E-state index contributed by atoms with van der Waals surface area (Å²) in [5.74, 6) is 1.58. The highest BCUT2D eigenvalue weighted by Crippen LogP contribution is 2.43. The molecule has 1 unspecified atom stereocenters. The van der Waals surface area contributed by atoms with Crippen molar-refractivity contribution in [1.29, 1.82) is 0 Å². The van der Waals surface area contributed by atoms with Gasteiger partial charge in [-0.2, -0.15) is 0 Å². The van der Waals surface area contributed by atoms with Crippen molar-refractivity contribution in [2.75, 3.05) is 7.11 Å². The van der Waals surface area contributed by atoms with Crippen LogP contribution in [0.15, 0.2) is 40.9 Å². The summed E-state index contributed by atoms with van der Waals surface area (Å²) >= 11 is 9.52. The average Bonchev–Trinajstić information content (AvgIpc) is 2.47. The van der Waals surface area contributed by atoms with Crippen LogP contribution < -0.4 is 15.2 Å². The lowest BCUT2D eigenvalue weighted by Crippen LogP contribution is -2.24. The zero-order chi connectivity index (χ0) is 15.0. The summed E-state index contributed by atoms with van der Waals surface area (Å²) in [6.07, 6.45) is 0.543. The molecule has 3 nitrogen and oxygen atoms in total. The van der Waals surface area contributed by atoms with E-state index in [-0.39, 0.29) is 12.1 Å². The molecule has 1 aliphatic heterocycles. The number of fused-ring (bicyclic) bond motifs is 1. The van der Waals surface area contributed by atoms with Gasteiger partial charge in [-0.15, -0.1) is 0 Å². The van der Waals surface area contributed by atoms with Crippen LogP contribution in [0.5, 0.6) is 11.5 Å². The van der Waals surface area contributed by atoms with E-state index < -0.39 is 0 Å². The number of nitrogens with two attached hydrogens (primary N) is 1. The number of ether oxygens (including phenoxy) is 2. The van der Waals surface area contributed by atoms with Crippen molar-refractivity contribution in [3.8, 4) is 11.5 Å². The molecule has 2 N–H and O–H groups in total. The van der Waals surface area contributed by atoms with E-state index in [9.17, 15) is 0 Å². The number of methoxy groups -OCH3 is 1. The molecular formula is C16H15BrClNO2. The van der Waals surface area contributed by atoms with Crippen molar-refractivity contribution < 1.29 is 9.47 Å². The zero-order valence-electron chi connectivity index (χ0n) is 11.5. The molecule has 21 heavy (non-hydrogen) atoms. The molecule has 1 heterocycles. The average molecular weight is 369 g/mol. The summed E-state index contributed by atoms with van der Waals surface area (Å²) in [6.45, 7) is 0. The first-order valence-electron chi connectivity index (χ1n) is 6.63. The number of rotatable bonds is 2. The summed E-state index contributed by atoms with van der Waals surface area (Å²) in [5.41, 5.74) is 8.22. The fourth-order valence-corrected chi connectivity index (χ4v) is 3.18. The number of hydrogen-bond donors (Lipinski definition) is 1. The second kappa shape index (κ2) is 5.87. The first-order chi connectivity index (χ1) is 10.1. The van der Waals surface area contributed by atoms with Crippen LogP contribution in [0.2, 0.25) is 5.02 Å². The molecule has 2 atom stereocenters. The van der Waals surface area contributed by atoms with Gasteiger partial charge >= 0.3 is 0 Å². The summed E-state index contributed by atoms with van der Waals surface area (Å²) in [5, 5.41) is 0.672. The van der Waals surface area contributed by atoms with Crippen molar-refractivity contribution in [2.45, 2.75) is 18.6 Å². The van der Waals surface area contributed by atoms with E-state index in [2.05, 4.69) is 15.9 Å². The second-order valence-electron chi connectivity index (χ2n) is 5.02. The number of halogens is 2. The minimum Gasteiger partial charge on any atom is -0.496 e. The van der Waals surface area contributed by atoms with Gasteiger partial charge in [-0.1, -0.05) is 27.5 Å². The Bertz CT molecular complexity index is 677. The van der Waals surface area contributed by atoms with Gasteiger partial charge in [0, 0.05) is 33.1 Å². The van der Waals surface area contributed by atoms with E-state index in [0.717, 1.165) is 27.1 Å². The van der Waals surface area contributed by atoms with Crippen LogP contribution in [0.4, 0.5) is 0 Å². The van der Waals surface area contributed by atoms with Crippen LogP contribution in [0.25, 0.3) is 0 Å². The zero-order valence-corrected chi connectivity index (χ0v) is 13.8. The monoisotopic (exact) mass is 367 g/mol. The molecule has 110 valence electrons. The van der Waals surface area contributed by atoms with Crippen LogP contribution in [-0.4, -0.2) is 7.11 Å². The lowest BCUT2D eigenvalue weighted by molar-refractivity contribution is 0.158. The highest BCUT2D eigenvalue weighted by atomic mass is 79.9. The topological polar surface area (TPSA) is 44.5 Å². The Balaban J connectivity index is 1.99. The van der Waals surface area contributed by atoms with Crippen molar-refractivity contribution in [3.63, 3.8) is 0 Å². The normalized spacial score (nSPS) is 20.6. The maximum absolute atomic E-state index is 6.28. The summed E-state index contributed by atoms with van der Waals surface area (Å²) in [4.78, 5) is 0. The van der Waals surface area contributed by atoms with Crippen LogP contribution in [0, 0.1) is 0 Å². The van der Waals surface area contributed by atoms with Crippen molar-refractivity contribution in [3.05, 3.63) is 57.0 Å². The molecule has 0 aliphatic carbocycles. The van der Waals surface area contributed by atoms with Gasteiger partial charge in [0.25, 0.3) is 0 Å². The molecule has 0 saturated heterocycles. The molecule has 2 aromatic rings. The molecule has 1 aliphatic rings. The first kappa shape index (κ1) is 14.7. The molecule has 2 aromatic carbocycles. The van der Waals surface area contributed by atoms with E-state index in [1.54, 1.807) is 7.11 Å². The van der Waals surface area contributed by atoms with Gasteiger partial charge < -0.3 is 15.2 Å². The SMILES string of the molecule is COc1ccc(Br)cc1C1C[C@@H](N)c2cc(Cl)ccc2O1. The predicted octanol–water partition coefficient (Wildman–Crippen LogP) is 4.63. The Morgan fingerprint density at radius 3 is 2.81 bits per heavy atom. The van der Waals surface area contributed by atoms with E-state index in [0.29, 0.717) is 11.4 Å². The summed E-state index contributed by atoms with van der Waals surface area (Å²) in [6, 6.07) is 11.3. The third kappa shape index (κ3) is 2.89. The fourth-order valence-electron chi connectivity index (χ4n) is 2.62. The van der Waals surface area contributed by atoms with Crippen LogP contribution >= 0.6 is 27.5 Å². The lowest BCUT2D eigenvalue weighted by atomic mass is 9.93. The highest BCUT2D eigenvalue weighted by Gasteiger charge is 2.29. The van der Waals surface area contributed by atoms with Crippen LogP contribution in [0.1, 0.15) is 29.7 Å². The largest absolute Gasteiger partial charge is 0.496 e. The van der Waals surface area contributed by atoms with Gasteiger partial charge in [-0.05, 0) is 36.4 Å². The van der Waals surface area contributed by atoms with Crippen molar-refractivity contribution >= 4 is 27.5 Å². The molecule has 0 amide bonds. The molecule has 0 fully saturated rings. The predicted molar refractivity (Wildman–Crippen MR) is 87.1 cm³/mol. The standard InChI is InChI=1S/C16H15BrClNO2/c1-20-14-4-2-9(17)6-12(14)16-8-13(19)11-7-10(18)3-5-15(11)21-16/h2-7,13,16H,8,19H2,1H3/t13-,16?/m1/s1. The van der Waals surface area contributed by atoms with Crippen LogP contribution in [-0.2, 0) is 0 Å². The van der Waals surface area contributed by atoms with Gasteiger partial charge in [0.05, 0.1) is 7.11 Å². The fraction of sp³-hybridized carbons (Fsp3) is 0.250. The Kier molecular flexibility index (Phi) is 4.11. The van der Waals surface area contributed by atoms with Gasteiger partial charge in [0.1, 0.15) is 17.6 Å². The molecule has 5 heteroatoms. The Morgan fingerprint density at radius 1 is 1.24 bits per heavy atom. The molecular weight excluding hydrogens is 354 g/mol. The highest BCUT2D eigenvalue weighted by molar-refractivity contribution is 9.10. The van der Waals surface area contributed by atoms with Crippen LogP contribution in [0.3, 0.4) is 0 Å². The maximum Gasteiger partial charge on any atom is 0.129 e. The smallest absolute Gasteiger partial charge is 0.129 e. The molecule has 0 spiro atoms. The minimum atomic E-state index is -0.138. The van der Waals surface area contributed by atoms with E-state index >= 15 is 0 Å². The van der Waals surface area contributed by atoms with Gasteiger partial charge in [-0.25, -0.2) is 0 Å². The van der Waals surface area contributed by atoms with Crippen molar-refractivity contribution in [2.24, 2.45) is 5.73 Å². The Labute approximate surface area is 137 Å². The molecule has 0 bridgehead atoms. The summed E-state index contributed by atoms with van der Waals surface area (Å²) < 4.78 is 12.5. The molecule has 0 radical (unpaired) electrons. The number of hydrogen-bond acceptors (Lipinski definition) is 3. The van der Waals surface area contributed by atoms with Gasteiger partial charge in [-0.3, -0.25) is 0 Å². The Hall–Kier alpha value is -1.23. The van der Waals surface area contributed by atoms with E-state index in [1.165, 1.54) is 0 Å². The van der Waals surface area contributed by atoms with Gasteiger partial charge in [0.15, 0.2) is 0 Å². The third-order valence-corrected chi connectivity index (χ3v) is 4.38. The molecule has 0 aromatic heterocycles. The maximum atomic E-state index is 6.28. The minimum absolute atomic E-state index is 0.110.